The highest BCUT2D eigenvalue weighted by atomic mass is 16.5. The summed E-state index contributed by atoms with van der Waals surface area (Å²) in [5.41, 5.74) is 0. The van der Waals surface area contributed by atoms with E-state index in [0.717, 1.165) is 25.7 Å². The molecule has 3 nitrogen and oxygen atoms in total. The maximum absolute atomic E-state index is 5.65. The number of rotatable bonds is 9. The number of nitrogens with one attached hydrogen (secondary N) is 1. The lowest BCUT2D eigenvalue weighted by molar-refractivity contribution is 0.0829. The van der Waals surface area contributed by atoms with E-state index in [1.165, 1.54) is 45.3 Å². The summed E-state index contributed by atoms with van der Waals surface area (Å²) in [7, 11) is 0. The van der Waals surface area contributed by atoms with Crippen molar-refractivity contribution in [2.75, 3.05) is 39.4 Å². The monoisotopic (exact) mass is 256 g/mol. The molecule has 1 atom stereocenters. The van der Waals surface area contributed by atoms with Crippen molar-refractivity contribution in [1.29, 1.82) is 0 Å². The zero-order valence-electron chi connectivity index (χ0n) is 12.6. The van der Waals surface area contributed by atoms with Crippen LogP contribution < -0.4 is 5.32 Å². The van der Waals surface area contributed by atoms with Gasteiger partial charge in [-0.2, -0.15) is 0 Å². The summed E-state index contributed by atoms with van der Waals surface area (Å²) in [6, 6.07) is 0.609. The first-order valence-corrected chi connectivity index (χ1v) is 7.75. The van der Waals surface area contributed by atoms with Crippen molar-refractivity contribution in [2.45, 2.75) is 52.5 Å². The van der Waals surface area contributed by atoms with Crippen molar-refractivity contribution in [3.8, 4) is 0 Å². The molecule has 0 spiro atoms. The van der Waals surface area contributed by atoms with Crippen LogP contribution in [-0.2, 0) is 4.74 Å². The van der Waals surface area contributed by atoms with Gasteiger partial charge in [0.1, 0.15) is 0 Å². The average molecular weight is 256 g/mol. The SMILES string of the molecule is CCCCOCCN1CCCC(CNC(C)C)C1. The first-order chi connectivity index (χ1) is 8.72. The van der Waals surface area contributed by atoms with Gasteiger partial charge in [0.15, 0.2) is 0 Å². The first-order valence-electron chi connectivity index (χ1n) is 7.75. The Morgan fingerprint density at radius 3 is 2.89 bits per heavy atom. The molecular weight excluding hydrogens is 224 g/mol. The van der Waals surface area contributed by atoms with Gasteiger partial charge in [-0.1, -0.05) is 27.2 Å². The molecular formula is C15H32N2O. The Balaban J connectivity index is 2.07. The van der Waals surface area contributed by atoms with Crippen LogP contribution in [0.25, 0.3) is 0 Å². The summed E-state index contributed by atoms with van der Waals surface area (Å²) in [5.74, 6) is 0.830. The van der Waals surface area contributed by atoms with Gasteiger partial charge in [0.05, 0.1) is 6.61 Å². The number of nitrogens with zero attached hydrogens (tertiary/aromatic N) is 1. The fourth-order valence-electron chi connectivity index (χ4n) is 2.47. The van der Waals surface area contributed by atoms with Crippen molar-refractivity contribution in [2.24, 2.45) is 5.92 Å². The lowest BCUT2D eigenvalue weighted by atomic mass is 9.98. The minimum atomic E-state index is 0.609. The number of likely N-dealkylation sites (tertiary alicyclic amines) is 1. The molecule has 0 aliphatic carbocycles. The summed E-state index contributed by atoms with van der Waals surface area (Å²) in [5, 5.41) is 3.56. The molecule has 1 rings (SSSR count). The summed E-state index contributed by atoms with van der Waals surface area (Å²) in [6.07, 6.45) is 5.15. The summed E-state index contributed by atoms with van der Waals surface area (Å²) in [6.45, 7) is 13.3. The molecule has 1 fully saturated rings. The van der Waals surface area contributed by atoms with E-state index in [9.17, 15) is 0 Å². The molecule has 0 aromatic heterocycles. The molecule has 0 aromatic carbocycles. The molecule has 0 amide bonds. The van der Waals surface area contributed by atoms with Crippen molar-refractivity contribution in [1.82, 2.24) is 10.2 Å². The summed E-state index contributed by atoms with van der Waals surface area (Å²) in [4.78, 5) is 2.57. The topological polar surface area (TPSA) is 24.5 Å². The highest BCUT2D eigenvalue weighted by Gasteiger charge is 2.19. The Kier molecular flexibility index (Phi) is 8.64. The lowest BCUT2D eigenvalue weighted by Gasteiger charge is -2.33. The highest BCUT2D eigenvalue weighted by molar-refractivity contribution is 4.75. The molecule has 1 aliphatic heterocycles. The zero-order valence-corrected chi connectivity index (χ0v) is 12.6. The molecule has 1 unspecified atom stereocenters. The van der Waals surface area contributed by atoms with Crippen LogP contribution >= 0.6 is 0 Å². The Morgan fingerprint density at radius 1 is 1.33 bits per heavy atom. The number of hydrogen-bond acceptors (Lipinski definition) is 3. The van der Waals surface area contributed by atoms with E-state index < -0.39 is 0 Å². The van der Waals surface area contributed by atoms with Gasteiger partial charge in [-0.15, -0.1) is 0 Å². The zero-order chi connectivity index (χ0) is 13.2. The van der Waals surface area contributed by atoms with Gasteiger partial charge in [-0.3, -0.25) is 0 Å². The Hall–Kier alpha value is -0.120. The van der Waals surface area contributed by atoms with Crippen LogP contribution in [0.4, 0.5) is 0 Å². The fourth-order valence-corrected chi connectivity index (χ4v) is 2.47. The standard InChI is InChI=1S/C15H32N2O/c1-4-5-10-18-11-9-17-8-6-7-15(13-17)12-16-14(2)3/h14-16H,4-13H2,1-3H3. The highest BCUT2D eigenvalue weighted by Crippen LogP contribution is 2.15. The predicted octanol–water partition coefficient (Wildman–Crippen LogP) is 2.51. The number of ether oxygens (including phenoxy) is 1. The van der Waals surface area contributed by atoms with E-state index in [1.54, 1.807) is 0 Å². The molecule has 3 heteroatoms. The average Bonchev–Trinajstić information content (AvgIpc) is 2.37. The fraction of sp³-hybridized carbons (Fsp3) is 1.00. The first kappa shape index (κ1) is 15.9. The number of piperidine rings is 1. The van der Waals surface area contributed by atoms with Crippen LogP contribution in [0.3, 0.4) is 0 Å². The van der Waals surface area contributed by atoms with E-state index in [1.807, 2.05) is 0 Å². The number of unbranched alkanes of at least 4 members (excludes halogenated alkanes) is 1. The number of hydrogen-bond donors (Lipinski definition) is 1. The van der Waals surface area contributed by atoms with E-state index in [4.69, 9.17) is 4.74 Å². The van der Waals surface area contributed by atoms with Crippen molar-refractivity contribution >= 4 is 0 Å². The van der Waals surface area contributed by atoms with Crippen LogP contribution in [-0.4, -0.2) is 50.3 Å². The van der Waals surface area contributed by atoms with Gasteiger partial charge in [0.2, 0.25) is 0 Å². The summed E-state index contributed by atoms with van der Waals surface area (Å²) < 4.78 is 5.65. The van der Waals surface area contributed by atoms with E-state index in [-0.39, 0.29) is 0 Å². The third-order valence-electron chi connectivity index (χ3n) is 3.61. The molecule has 18 heavy (non-hydrogen) atoms. The van der Waals surface area contributed by atoms with E-state index in [2.05, 4.69) is 31.0 Å². The molecule has 108 valence electrons. The van der Waals surface area contributed by atoms with Gasteiger partial charge < -0.3 is 15.0 Å². The van der Waals surface area contributed by atoms with Crippen molar-refractivity contribution in [3.05, 3.63) is 0 Å². The summed E-state index contributed by atoms with van der Waals surface area (Å²) >= 11 is 0. The third-order valence-corrected chi connectivity index (χ3v) is 3.61. The van der Waals surface area contributed by atoms with Gasteiger partial charge >= 0.3 is 0 Å². The minimum absolute atomic E-state index is 0.609. The van der Waals surface area contributed by atoms with E-state index in [0.29, 0.717) is 6.04 Å². The second kappa shape index (κ2) is 9.76. The molecule has 0 aromatic rings. The second-order valence-corrected chi connectivity index (χ2v) is 5.84. The Labute approximate surface area is 113 Å². The van der Waals surface area contributed by atoms with Gasteiger partial charge in [-0.05, 0) is 38.3 Å². The maximum Gasteiger partial charge on any atom is 0.0593 e. The van der Waals surface area contributed by atoms with Crippen LogP contribution in [0.2, 0.25) is 0 Å². The van der Waals surface area contributed by atoms with Crippen LogP contribution in [0.5, 0.6) is 0 Å². The van der Waals surface area contributed by atoms with Gasteiger partial charge in [-0.25, -0.2) is 0 Å². The maximum atomic E-state index is 5.65. The minimum Gasteiger partial charge on any atom is -0.380 e. The van der Waals surface area contributed by atoms with Crippen LogP contribution in [0.15, 0.2) is 0 Å². The lowest BCUT2D eigenvalue weighted by Crippen LogP contribution is -2.42. The van der Waals surface area contributed by atoms with Gasteiger partial charge in [0.25, 0.3) is 0 Å². The molecule has 1 heterocycles. The predicted molar refractivity (Wildman–Crippen MR) is 78.0 cm³/mol. The quantitative estimate of drug-likeness (QED) is 0.642. The third kappa shape index (κ3) is 7.34. The second-order valence-electron chi connectivity index (χ2n) is 5.84. The van der Waals surface area contributed by atoms with Gasteiger partial charge in [0, 0.05) is 25.7 Å². The van der Waals surface area contributed by atoms with Crippen LogP contribution in [0, 0.1) is 5.92 Å². The Bertz CT molecular complexity index is 197. The van der Waals surface area contributed by atoms with Crippen molar-refractivity contribution < 1.29 is 4.74 Å². The normalized spacial score (nSPS) is 21.7. The largest absolute Gasteiger partial charge is 0.380 e. The van der Waals surface area contributed by atoms with Crippen molar-refractivity contribution in [3.63, 3.8) is 0 Å². The molecule has 1 N–H and O–H groups in total. The van der Waals surface area contributed by atoms with E-state index >= 15 is 0 Å². The molecule has 1 saturated heterocycles. The molecule has 0 saturated carbocycles. The smallest absolute Gasteiger partial charge is 0.0593 e. The molecule has 1 aliphatic rings. The molecule has 0 bridgehead atoms. The molecule has 0 radical (unpaired) electrons. The van der Waals surface area contributed by atoms with Crippen LogP contribution in [0.1, 0.15) is 46.5 Å². The Morgan fingerprint density at radius 2 is 2.17 bits per heavy atom.